The van der Waals surface area contributed by atoms with E-state index in [0.29, 0.717) is 13.2 Å². The lowest BCUT2D eigenvalue weighted by molar-refractivity contribution is 0.0697. The number of hydrogen-bond acceptors (Lipinski definition) is 6. The first-order valence-corrected chi connectivity index (χ1v) is 14.1. The van der Waals surface area contributed by atoms with E-state index in [2.05, 4.69) is 0 Å². The molecule has 9 nitrogen and oxygen atoms in total. The maximum absolute atomic E-state index is 13.2. The van der Waals surface area contributed by atoms with Crippen molar-refractivity contribution in [2.75, 3.05) is 52.5 Å². The number of amides is 1. The van der Waals surface area contributed by atoms with Gasteiger partial charge in [-0.05, 0) is 37.3 Å². The van der Waals surface area contributed by atoms with Crippen LogP contribution in [0.2, 0.25) is 5.02 Å². The maximum atomic E-state index is 13.2. The van der Waals surface area contributed by atoms with Gasteiger partial charge in [-0.2, -0.15) is 8.61 Å². The van der Waals surface area contributed by atoms with Crippen LogP contribution >= 0.6 is 11.6 Å². The highest BCUT2D eigenvalue weighted by molar-refractivity contribution is 7.89. The largest absolute Gasteiger partial charge is 0.379 e. The van der Waals surface area contributed by atoms with Gasteiger partial charge in [0.1, 0.15) is 0 Å². The molecule has 2 saturated heterocycles. The minimum atomic E-state index is -3.79. The summed E-state index contributed by atoms with van der Waals surface area (Å²) in [6.45, 7) is 3.59. The van der Waals surface area contributed by atoms with Crippen LogP contribution in [0.25, 0.3) is 0 Å². The van der Waals surface area contributed by atoms with Crippen molar-refractivity contribution in [1.82, 2.24) is 13.5 Å². The van der Waals surface area contributed by atoms with E-state index in [1.165, 1.54) is 31.7 Å². The molecule has 0 N–H and O–H groups in total. The number of benzene rings is 2. The molecule has 2 aromatic rings. The van der Waals surface area contributed by atoms with Crippen molar-refractivity contribution < 1.29 is 26.4 Å². The summed E-state index contributed by atoms with van der Waals surface area (Å²) in [5.74, 6) is -0.434. The van der Waals surface area contributed by atoms with Crippen LogP contribution in [0.15, 0.2) is 52.3 Å². The molecule has 0 bridgehead atoms. The zero-order valence-corrected chi connectivity index (χ0v) is 21.1. The molecule has 2 aliphatic rings. The van der Waals surface area contributed by atoms with Crippen LogP contribution in [0.3, 0.4) is 0 Å². The predicted octanol–water partition coefficient (Wildman–Crippen LogP) is 1.82. The summed E-state index contributed by atoms with van der Waals surface area (Å²) in [5.41, 5.74) is 1.04. The van der Waals surface area contributed by atoms with Gasteiger partial charge >= 0.3 is 0 Å². The molecule has 34 heavy (non-hydrogen) atoms. The highest BCUT2D eigenvalue weighted by Gasteiger charge is 2.32. The Morgan fingerprint density at radius 2 is 1.32 bits per heavy atom. The molecule has 2 fully saturated rings. The Balaban J connectivity index is 1.49. The first kappa shape index (κ1) is 25.1. The molecule has 0 aliphatic carbocycles. The van der Waals surface area contributed by atoms with Gasteiger partial charge in [0.05, 0.1) is 33.6 Å². The van der Waals surface area contributed by atoms with Gasteiger partial charge in [-0.3, -0.25) is 4.79 Å². The summed E-state index contributed by atoms with van der Waals surface area (Å²) >= 11 is 6.26. The Bertz CT molecular complexity index is 1270. The molecule has 1 amide bonds. The first-order chi connectivity index (χ1) is 16.1. The summed E-state index contributed by atoms with van der Waals surface area (Å²) in [6.07, 6.45) is 0. The molecular formula is C22H26ClN3O6S2. The minimum Gasteiger partial charge on any atom is -0.379 e. The molecule has 4 rings (SSSR count). The number of carbonyl (C=O) groups is 1. The van der Waals surface area contributed by atoms with Gasteiger partial charge in [0.25, 0.3) is 5.91 Å². The van der Waals surface area contributed by atoms with E-state index in [0.717, 1.165) is 5.56 Å². The number of nitrogens with zero attached hydrogens (tertiary/aromatic N) is 3. The summed E-state index contributed by atoms with van der Waals surface area (Å²) < 4.78 is 59.7. The molecule has 2 aliphatic heterocycles. The molecule has 2 heterocycles. The second-order valence-electron chi connectivity index (χ2n) is 8.17. The van der Waals surface area contributed by atoms with Crippen LogP contribution in [0.4, 0.5) is 0 Å². The standard InChI is InChI=1S/C22H26ClN3O6S2/c1-17-2-4-18(5-3-17)33(28,29)25-10-8-24(9-11-25)22(27)20-16-19(6-7-21(20)23)34(30,31)26-12-14-32-15-13-26/h2-7,16H,8-15H2,1H3. The van der Waals surface area contributed by atoms with Crippen molar-refractivity contribution >= 4 is 37.6 Å². The third kappa shape index (κ3) is 5.00. The van der Waals surface area contributed by atoms with Crippen molar-refractivity contribution in [2.24, 2.45) is 0 Å². The lowest BCUT2D eigenvalue weighted by Crippen LogP contribution is -2.50. The van der Waals surface area contributed by atoms with Gasteiger partial charge in [0.15, 0.2) is 0 Å². The molecule has 0 atom stereocenters. The molecule has 0 radical (unpaired) electrons. The second-order valence-corrected chi connectivity index (χ2v) is 12.5. The van der Waals surface area contributed by atoms with Crippen molar-refractivity contribution in [1.29, 1.82) is 0 Å². The van der Waals surface area contributed by atoms with E-state index in [1.807, 2.05) is 6.92 Å². The Hall–Kier alpha value is -2.02. The van der Waals surface area contributed by atoms with E-state index in [9.17, 15) is 21.6 Å². The lowest BCUT2D eigenvalue weighted by Gasteiger charge is -2.34. The van der Waals surface area contributed by atoms with E-state index in [1.54, 1.807) is 24.3 Å². The fourth-order valence-corrected chi connectivity index (χ4v) is 6.98. The number of sulfonamides is 2. The van der Waals surface area contributed by atoms with Crippen molar-refractivity contribution in [3.8, 4) is 0 Å². The number of halogens is 1. The van der Waals surface area contributed by atoms with E-state index in [-0.39, 0.29) is 59.6 Å². The smallest absolute Gasteiger partial charge is 0.255 e. The highest BCUT2D eigenvalue weighted by atomic mass is 35.5. The second kappa shape index (κ2) is 9.92. The third-order valence-corrected chi connectivity index (χ3v) is 10.1. The molecule has 2 aromatic carbocycles. The molecule has 0 aromatic heterocycles. The summed E-state index contributed by atoms with van der Waals surface area (Å²) in [4.78, 5) is 14.9. The number of rotatable bonds is 5. The molecule has 0 saturated carbocycles. The average molecular weight is 528 g/mol. The Kier molecular flexibility index (Phi) is 7.32. The van der Waals surface area contributed by atoms with Crippen molar-refractivity contribution in [3.05, 3.63) is 58.6 Å². The highest BCUT2D eigenvalue weighted by Crippen LogP contribution is 2.26. The van der Waals surface area contributed by atoms with Gasteiger partial charge in [0, 0.05) is 39.3 Å². The van der Waals surface area contributed by atoms with Crippen LogP contribution in [-0.4, -0.2) is 88.7 Å². The van der Waals surface area contributed by atoms with Gasteiger partial charge in [-0.15, -0.1) is 0 Å². The number of hydrogen-bond donors (Lipinski definition) is 0. The van der Waals surface area contributed by atoms with Crippen molar-refractivity contribution in [2.45, 2.75) is 16.7 Å². The monoisotopic (exact) mass is 527 g/mol. The average Bonchev–Trinajstić information content (AvgIpc) is 2.84. The molecular weight excluding hydrogens is 502 g/mol. The fourth-order valence-electron chi connectivity index (χ4n) is 3.93. The topological polar surface area (TPSA) is 104 Å². The van der Waals surface area contributed by atoms with Gasteiger partial charge in [-0.1, -0.05) is 29.3 Å². The van der Waals surface area contributed by atoms with Crippen LogP contribution in [0.1, 0.15) is 15.9 Å². The SMILES string of the molecule is Cc1ccc(S(=O)(=O)N2CCN(C(=O)c3cc(S(=O)(=O)N4CCOCC4)ccc3Cl)CC2)cc1. The number of ether oxygens (including phenoxy) is 1. The number of morpholine rings is 1. The van der Waals surface area contributed by atoms with Crippen LogP contribution < -0.4 is 0 Å². The van der Waals surface area contributed by atoms with Gasteiger partial charge < -0.3 is 9.64 Å². The van der Waals surface area contributed by atoms with E-state index >= 15 is 0 Å². The van der Waals surface area contributed by atoms with Crippen LogP contribution in [0.5, 0.6) is 0 Å². The normalized spacial score (nSPS) is 18.7. The van der Waals surface area contributed by atoms with Crippen LogP contribution in [0, 0.1) is 6.92 Å². The lowest BCUT2D eigenvalue weighted by atomic mass is 10.2. The summed E-state index contributed by atoms with van der Waals surface area (Å²) in [5, 5.41) is 0.139. The predicted molar refractivity (Wildman–Crippen MR) is 127 cm³/mol. The number of carbonyl (C=O) groups excluding carboxylic acids is 1. The zero-order chi connectivity index (χ0) is 24.5. The number of piperazine rings is 1. The molecule has 184 valence electrons. The third-order valence-electron chi connectivity index (χ3n) is 5.96. The Labute approximate surface area is 205 Å². The van der Waals surface area contributed by atoms with E-state index in [4.69, 9.17) is 16.3 Å². The van der Waals surface area contributed by atoms with Crippen LogP contribution in [-0.2, 0) is 24.8 Å². The minimum absolute atomic E-state index is 0.0114. The molecule has 12 heteroatoms. The molecule has 0 spiro atoms. The summed E-state index contributed by atoms with van der Waals surface area (Å²) in [6, 6.07) is 10.7. The summed E-state index contributed by atoms with van der Waals surface area (Å²) in [7, 11) is -7.46. The Morgan fingerprint density at radius 3 is 1.94 bits per heavy atom. The molecule has 0 unspecified atom stereocenters. The first-order valence-electron chi connectivity index (χ1n) is 10.8. The van der Waals surface area contributed by atoms with E-state index < -0.39 is 26.0 Å². The Morgan fingerprint density at radius 1 is 0.794 bits per heavy atom. The van der Waals surface area contributed by atoms with Crippen molar-refractivity contribution in [3.63, 3.8) is 0 Å². The fraction of sp³-hybridized carbons (Fsp3) is 0.409. The van der Waals surface area contributed by atoms with Gasteiger partial charge in [-0.25, -0.2) is 16.8 Å². The number of aryl methyl sites for hydroxylation is 1. The van der Waals surface area contributed by atoms with Gasteiger partial charge in [0.2, 0.25) is 20.0 Å². The zero-order valence-electron chi connectivity index (χ0n) is 18.7. The quantitative estimate of drug-likeness (QED) is 0.587. The maximum Gasteiger partial charge on any atom is 0.255 e.